The molecule has 7 heteroatoms. The standard InChI is InChI=1S/C12H13F3N4/c1-7-9(17)4-5-19(7)11-8(6-16)2-3-10(18-11)12(13,14)15/h2-3,7,9H,4-5,17H2,1H3. The Morgan fingerprint density at radius 1 is 1.47 bits per heavy atom. The van der Waals surface area contributed by atoms with Gasteiger partial charge in [-0.1, -0.05) is 0 Å². The summed E-state index contributed by atoms with van der Waals surface area (Å²) in [5.41, 5.74) is 4.99. The van der Waals surface area contributed by atoms with E-state index < -0.39 is 11.9 Å². The molecule has 2 heterocycles. The Balaban J connectivity index is 2.46. The summed E-state index contributed by atoms with van der Waals surface area (Å²) in [6.45, 7) is 2.33. The molecule has 1 aromatic heterocycles. The predicted molar refractivity (Wildman–Crippen MR) is 63.4 cm³/mol. The van der Waals surface area contributed by atoms with Crippen molar-refractivity contribution in [3.63, 3.8) is 0 Å². The van der Waals surface area contributed by atoms with Crippen LogP contribution in [0, 0.1) is 11.3 Å². The summed E-state index contributed by atoms with van der Waals surface area (Å²) >= 11 is 0. The molecule has 0 saturated carbocycles. The molecule has 19 heavy (non-hydrogen) atoms. The lowest BCUT2D eigenvalue weighted by atomic mass is 10.1. The lowest BCUT2D eigenvalue weighted by Crippen LogP contribution is -2.37. The number of pyridine rings is 1. The second-order valence-corrected chi connectivity index (χ2v) is 4.56. The minimum absolute atomic E-state index is 0.0674. The van der Waals surface area contributed by atoms with Crippen molar-refractivity contribution in [3.8, 4) is 6.07 Å². The molecule has 2 rings (SSSR count). The Morgan fingerprint density at radius 3 is 2.63 bits per heavy atom. The van der Waals surface area contributed by atoms with Gasteiger partial charge >= 0.3 is 6.18 Å². The van der Waals surface area contributed by atoms with Gasteiger partial charge in [0.2, 0.25) is 0 Å². The lowest BCUT2D eigenvalue weighted by molar-refractivity contribution is -0.141. The van der Waals surface area contributed by atoms with Crippen LogP contribution in [-0.4, -0.2) is 23.6 Å². The first-order valence-electron chi connectivity index (χ1n) is 5.85. The van der Waals surface area contributed by atoms with Gasteiger partial charge in [-0.3, -0.25) is 0 Å². The molecule has 1 aliphatic rings. The summed E-state index contributed by atoms with van der Waals surface area (Å²) in [6, 6.07) is 3.59. The molecule has 102 valence electrons. The van der Waals surface area contributed by atoms with Gasteiger partial charge < -0.3 is 10.6 Å². The third kappa shape index (κ3) is 2.49. The highest BCUT2D eigenvalue weighted by Gasteiger charge is 2.36. The highest BCUT2D eigenvalue weighted by Crippen LogP contribution is 2.32. The Hall–Kier alpha value is -1.81. The van der Waals surface area contributed by atoms with E-state index in [1.807, 2.05) is 13.0 Å². The van der Waals surface area contributed by atoms with Crippen molar-refractivity contribution < 1.29 is 13.2 Å². The molecule has 0 amide bonds. The normalized spacial score (nSPS) is 23.5. The van der Waals surface area contributed by atoms with E-state index in [1.54, 1.807) is 4.90 Å². The van der Waals surface area contributed by atoms with Crippen LogP contribution >= 0.6 is 0 Å². The molecule has 0 bridgehead atoms. The molecule has 1 aliphatic heterocycles. The number of anilines is 1. The molecule has 0 aliphatic carbocycles. The molecule has 1 saturated heterocycles. The number of hydrogen-bond acceptors (Lipinski definition) is 4. The van der Waals surface area contributed by atoms with E-state index >= 15 is 0 Å². The van der Waals surface area contributed by atoms with Gasteiger partial charge in [0.15, 0.2) is 0 Å². The number of nitrogens with zero attached hydrogens (tertiary/aromatic N) is 3. The van der Waals surface area contributed by atoms with Gasteiger partial charge in [0.05, 0.1) is 5.56 Å². The number of halogens is 3. The largest absolute Gasteiger partial charge is 0.433 e. The van der Waals surface area contributed by atoms with Crippen molar-refractivity contribution in [2.24, 2.45) is 5.73 Å². The minimum Gasteiger partial charge on any atom is -0.351 e. The van der Waals surface area contributed by atoms with Crippen LogP contribution in [0.3, 0.4) is 0 Å². The SMILES string of the molecule is CC1C(N)CCN1c1nc(C(F)(F)F)ccc1C#N. The van der Waals surface area contributed by atoms with Gasteiger partial charge in [-0.2, -0.15) is 18.4 Å². The van der Waals surface area contributed by atoms with Gasteiger partial charge in [0.1, 0.15) is 17.6 Å². The van der Waals surface area contributed by atoms with E-state index in [0.29, 0.717) is 13.0 Å². The Labute approximate surface area is 108 Å². The second-order valence-electron chi connectivity index (χ2n) is 4.56. The summed E-state index contributed by atoms with van der Waals surface area (Å²) in [6.07, 6.45) is -3.85. The summed E-state index contributed by atoms with van der Waals surface area (Å²) in [5.74, 6) is 0.0674. The smallest absolute Gasteiger partial charge is 0.351 e. The van der Waals surface area contributed by atoms with Gasteiger partial charge in [-0.25, -0.2) is 4.98 Å². The van der Waals surface area contributed by atoms with Gasteiger partial charge in [-0.15, -0.1) is 0 Å². The molecule has 2 atom stereocenters. The van der Waals surface area contributed by atoms with Crippen molar-refractivity contribution in [2.45, 2.75) is 31.6 Å². The molecular formula is C12H13F3N4. The van der Waals surface area contributed by atoms with Crippen LogP contribution in [0.25, 0.3) is 0 Å². The average Bonchev–Trinajstić information content (AvgIpc) is 2.68. The molecule has 0 radical (unpaired) electrons. The summed E-state index contributed by atoms with van der Waals surface area (Å²) in [4.78, 5) is 5.27. The fraction of sp³-hybridized carbons (Fsp3) is 0.500. The number of aromatic nitrogens is 1. The molecule has 1 aromatic rings. The maximum absolute atomic E-state index is 12.7. The third-order valence-electron chi connectivity index (χ3n) is 3.37. The predicted octanol–water partition coefficient (Wildman–Crippen LogP) is 1.90. The van der Waals surface area contributed by atoms with Crippen LogP contribution in [0.4, 0.5) is 19.0 Å². The Bertz CT molecular complexity index is 521. The molecule has 0 aromatic carbocycles. The zero-order valence-corrected chi connectivity index (χ0v) is 10.3. The summed E-state index contributed by atoms with van der Waals surface area (Å²) in [5, 5.41) is 9.00. The topological polar surface area (TPSA) is 65.9 Å². The van der Waals surface area contributed by atoms with Crippen LogP contribution in [0.15, 0.2) is 12.1 Å². The van der Waals surface area contributed by atoms with E-state index in [9.17, 15) is 13.2 Å². The van der Waals surface area contributed by atoms with E-state index in [1.165, 1.54) is 0 Å². The molecule has 1 fully saturated rings. The maximum atomic E-state index is 12.7. The van der Waals surface area contributed by atoms with Crippen LogP contribution < -0.4 is 10.6 Å². The van der Waals surface area contributed by atoms with Crippen LogP contribution in [-0.2, 0) is 6.18 Å². The minimum atomic E-state index is -4.52. The van der Waals surface area contributed by atoms with Crippen molar-refractivity contribution >= 4 is 5.82 Å². The van der Waals surface area contributed by atoms with Gasteiger partial charge in [-0.05, 0) is 25.5 Å². The van der Waals surface area contributed by atoms with E-state index in [2.05, 4.69) is 4.98 Å². The van der Waals surface area contributed by atoms with Crippen molar-refractivity contribution in [3.05, 3.63) is 23.4 Å². The molecule has 2 N–H and O–H groups in total. The zero-order valence-electron chi connectivity index (χ0n) is 10.3. The van der Waals surface area contributed by atoms with Gasteiger partial charge in [0.25, 0.3) is 0 Å². The van der Waals surface area contributed by atoms with E-state index in [-0.39, 0.29) is 23.5 Å². The zero-order chi connectivity index (χ0) is 14.2. The number of rotatable bonds is 1. The summed E-state index contributed by atoms with van der Waals surface area (Å²) in [7, 11) is 0. The molecule has 2 unspecified atom stereocenters. The first-order valence-corrected chi connectivity index (χ1v) is 5.85. The highest BCUT2D eigenvalue weighted by molar-refractivity contribution is 5.56. The van der Waals surface area contributed by atoms with Gasteiger partial charge in [0, 0.05) is 18.6 Å². The van der Waals surface area contributed by atoms with Crippen molar-refractivity contribution in [1.82, 2.24) is 4.98 Å². The number of alkyl halides is 3. The highest BCUT2D eigenvalue weighted by atomic mass is 19.4. The number of nitriles is 1. The van der Waals surface area contributed by atoms with Crippen LogP contribution in [0.2, 0.25) is 0 Å². The van der Waals surface area contributed by atoms with E-state index in [0.717, 1.165) is 12.1 Å². The second kappa shape index (κ2) is 4.70. The first-order chi connectivity index (χ1) is 8.84. The number of nitrogens with two attached hydrogens (primary N) is 1. The molecule has 4 nitrogen and oxygen atoms in total. The monoisotopic (exact) mass is 270 g/mol. The van der Waals surface area contributed by atoms with Crippen molar-refractivity contribution in [1.29, 1.82) is 5.26 Å². The lowest BCUT2D eigenvalue weighted by Gasteiger charge is -2.25. The fourth-order valence-electron chi connectivity index (χ4n) is 2.18. The van der Waals surface area contributed by atoms with Crippen LogP contribution in [0.1, 0.15) is 24.6 Å². The van der Waals surface area contributed by atoms with Crippen LogP contribution in [0.5, 0.6) is 0 Å². The molecular weight excluding hydrogens is 257 g/mol. The third-order valence-corrected chi connectivity index (χ3v) is 3.37. The quantitative estimate of drug-likeness (QED) is 0.846. The molecule has 0 spiro atoms. The number of hydrogen-bond donors (Lipinski definition) is 1. The summed E-state index contributed by atoms with van der Waals surface area (Å²) < 4.78 is 38.0. The first kappa shape index (κ1) is 13.6. The Kier molecular flexibility index (Phi) is 3.37. The fourth-order valence-corrected chi connectivity index (χ4v) is 2.18. The van der Waals surface area contributed by atoms with E-state index in [4.69, 9.17) is 11.0 Å². The average molecular weight is 270 g/mol. The maximum Gasteiger partial charge on any atom is 0.433 e. The van der Waals surface area contributed by atoms with Crippen molar-refractivity contribution in [2.75, 3.05) is 11.4 Å². The Morgan fingerprint density at radius 2 is 2.16 bits per heavy atom.